The molecule has 4 rings (SSSR count). The monoisotopic (exact) mass is 533 g/mol. The minimum Gasteiger partial charge on any atom is -0.508 e. The maximum absolute atomic E-state index is 13.8. The lowest BCUT2D eigenvalue weighted by atomic mass is 9.57. The van der Waals surface area contributed by atoms with Gasteiger partial charge in [-0.25, -0.2) is 0 Å². The van der Waals surface area contributed by atoms with E-state index in [0.717, 1.165) is 19.4 Å². The van der Waals surface area contributed by atoms with Crippen LogP contribution in [0.3, 0.4) is 0 Å². The molecule has 0 unspecified atom stereocenters. The van der Waals surface area contributed by atoms with E-state index in [-0.39, 0.29) is 29.7 Å². The third-order valence-corrected chi connectivity index (χ3v) is 8.22. The zero-order valence-electron chi connectivity index (χ0n) is 21.0. The zero-order chi connectivity index (χ0) is 27.4. The first-order chi connectivity index (χ1) is 17.4. The largest absolute Gasteiger partial charge is 0.508 e. The van der Waals surface area contributed by atoms with Crippen LogP contribution in [0.25, 0.3) is 5.76 Å². The molecule has 0 aromatic heterocycles. The van der Waals surface area contributed by atoms with Gasteiger partial charge in [0.05, 0.1) is 11.6 Å². The van der Waals surface area contributed by atoms with Gasteiger partial charge in [0.2, 0.25) is 5.78 Å². The number of carbonyl (C=O) groups is 3. The average molecular weight is 534 g/mol. The number of fused-ring (bicyclic) bond motifs is 3. The van der Waals surface area contributed by atoms with Crippen molar-refractivity contribution in [3.63, 3.8) is 0 Å². The number of nitrogens with one attached hydrogen (secondary N) is 1. The Labute approximate surface area is 219 Å². The molecular formula is C26H32ClN3O7. The fourth-order valence-electron chi connectivity index (χ4n) is 6.00. The molecule has 1 saturated carbocycles. The van der Waals surface area contributed by atoms with Crippen molar-refractivity contribution in [1.29, 1.82) is 0 Å². The molecule has 4 atom stereocenters. The molecule has 0 aliphatic heterocycles. The Morgan fingerprint density at radius 2 is 1.95 bits per heavy atom. The van der Waals surface area contributed by atoms with Crippen LogP contribution in [0.2, 0.25) is 5.02 Å². The normalized spacial score (nSPS) is 27.4. The molecule has 10 nitrogen and oxygen atoms in total. The molecule has 1 aromatic rings. The number of phenols is 1. The summed E-state index contributed by atoms with van der Waals surface area (Å²) in [7, 11) is 3.11. The number of nitrogens with zero attached hydrogens (tertiary/aromatic N) is 1. The van der Waals surface area contributed by atoms with Gasteiger partial charge >= 0.3 is 0 Å². The molecule has 0 saturated heterocycles. The number of likely N-dealkylation sites (N-methyl/N-ethyl adjacent to an activating group) is 1. The number of phenolic OH excluding ortho intramolecular Hbond substituents is 1. The van der Waals surface area contributed by atoms with Crippen molar-refractivity contribution < 1.29 is 34.8 Å². The molecule has 0 heterocycles. The molecule has 3 aliphatic rings. The molecule has 37 heavy (non-hydrogen) atoms. The van der Waals surface area contributed by atoms with E-state index < -0.39 is 58.0 Å². The SMILES string of the molecule is CCCCNCc1cc(O)c2c(c1Cl)C[C@H]1C[C@H]3[C@H](N(C)C)C(=O)C(C(N)=O)=C(O)[C@@]3(O)C(=O)C1=C2O. The number of Topliss-reactive ketones (excluding diaryl/α,β-unsaturated/α-hetero) is 2. The van der Waals surface area contributed by atoms with Gasteiger partial charge in [0, 0.05) is 23.1 Å². The molecule has 0 bridgehead atoms. The molecule has 3 aliphatic carbocycles. The van der Waals surface area contributed by atoms with Gasteiger partial charge in [-0.1, -0.05) is 24.9 Å². The number of primary amides is 1. The molecule has 0 radical (unpaired) electrons. The predicted octanol–water partition coefficient (Wildman–Crippen LogP) is 1.51. The summed E-state index contributed by atoms with van der Waals surface area (Å²) in [4.78, 5) is 40.4. The topological polar surface area (TPSA) is 173 Å². The number of nitrogens with two attached hydrogens (primary N) is 1. The predicted molar refractivity (Wildman–Crippen MR) is 136 cm³/mol. The number of halogens is 1. The third-order valence-electron chi connectivity index (χ3n) is 7.75. The molecule has 7 N–H and O–H groups in total. The van der Waals surface area contributed by atoms with Crippen LogP contribution in [-0.2, 0) is 27.3 Å². The van der Waals surface area contributed by atoms with E-state index in [4.69, 9.17) is 17.3 Å². The summed E-state index contributed by atoms with van der Waals surface area (Å²) >= 11 is 6.71. The maximum atomic E-state index is 13.8. The standard InChI is InChI=1S/C26H32ClN3O7/c1-4-5-6-29-10-12-9-15(31)17-13(19(12)27)7-11-8-14-20(30(2)3)22(33)18(25(28)36)24(35)26(14,37)23(34)16(11)21(17)32/h9,11,14,20,29,31-32,35,37H,4-8,10H2,1-3H3,(H2,28,36)/t11-,14-,20-,26-/m0/s1. The van der Waals surface area contributed by atoms with Crippen LogP contribution >= 0.6 is 11.6 Å². The fourth-order valence-corrected chi connectivity index (χ4v) is 6.29. The van der Waals surface area contributed by atoms with Crippen LogP contribution in [0.1, 0.15) is 42.9 Å². The highest BCUT2D eigenvalue weighted by molar-refractivity contribution is 6.32. The molecule has 200 valence electrons. The van der Waals surface area contributed by atoms with Crippen LogP contribution in [0.4, 0.5) is 0 Å². The number of aromatic hydroxyl groups is 1. The van der Waals surface area contributed by atoms with Crippen molar-refractivity contribution in [2.45, 2.75) is 50.8 Å². The van der Waals surface area contributed by atoms with E-state index in [1.165, 1.54) is 11.0 Å². The highest BCUT2D eigenvalue weighted by Crippen LogP contribution is 2.53. The maximum Gasteiger partial charge on any atom is 0.255 e. The number of unbranched alkanes of at least 4 members (excludes halogenated alkanes) is 1. The van der Waals surface area contributed by atoms with Crippen LogP contribution in [0, 0.1) is 11.8 Å². The van der Waals surface area contributed by atoms with Gasteiger partial charge in [-0.3, -0.25) is 19.3 Å². The van der Waals surface area contributed by atoms with Gasteiger partial charge < -0.3 is 31.5 Å². The van der Waals surface area contributed by atoms with Gasteiger partial charge in [0.1, 0.15) is 22.8 Å². The van der Waals surface area contributed by atoms with Crippen LogP contribution in [0.5, 0.6) is 5.75 Å². The number of hydrogen-bond acceptors (Lipinski definition) is 9. The smallest absolute Gasteiger partial charge is 0.255 e. The number of benzene rings is 1. The summed E-state index contributed by atoms with van der Waals surface area (Å²) in [5.74, 6) is -6.84. The minimum absolute atomic E-state index is 0.0152. The van der Waals surface area contributed by atoms with Crippen LogP contribution in [-0.4, -0.2) is 75.1 Å². The highest BCUT2D eigenvalue weighted by Gasteiger charge is 2.64. The second kappa shape index (κ2) is 9.75. The number of hydrogen-bond donors (Lipinski definition) is 6. The Bertz CT molecular complexity index is 1260. The fraction of sp³-hybridized carbons (Fsp3) is 0.500. The van der Waals surface area contributed by atoms with Gasteiger partial charge in [0.25, 0.3) is 5.91 Å². The third kappa shape index (κ3) is 4.03. The second-order valence-electron chi connectivity index (χ2n) is 10.2. The molecule has 0 spiro atoms. The van der Waals surface area contributed by atoms with Crippen molar-refractivity contribution in [2.24, 2.45) is 17.6 Å². The van der Waals surface area contributed by atoms with Crippen molar-refractivity contribution in [2.75, 3.05) is 20.6 Å². The van der Waals surface area contributed by atoms with Gasteiger partial charge in [0.15, 0.2) is 11.4 Å². The summed E-state index contributed by atoms with van der Waals surface area (Å²) < 4.78 is 0. The lowest BCUT2D eigenvalue weighted by Gasteiger charge is -2.50. The summed E-state index contributed by atoms with van der Waals surface area (Å²) in [6.07, 6.45) is 2.16. The minimum atomic E-state index is -2.66. The molecule has 1 aromatic carbocycles. The Morgan fingerprint density at radius 3 is 2.54 bits per heavy atom. The number of amides is 1. The molecular weight excluding hydrogens is 502 g/mol. The Kier molecular flexibility index (Phi) is 7.15. The second-order valence-corrected chi connectivity index (χ2v) is 10.6. The number of rotatable bonds is 7. The van der Waals surface area contributed by atoms with Crippen molar-refractivity contribution in [3.8, 4) is 5.75 Å². The van der Waals surface area contributed by atoms with E-state index >= 15 is 0 Å². The molecule has 11 heteroatoms. The Morgan fingerprint density at radius 1 is 1.27 bits per heavy atom. The van der Waals surface area contributed by atoms with Crippen molar-refractivity contribution in [1.82, 2.24) is 10.2 Å². The quantitative estimate of drug-likeness (QED) is 0.224. The molecule has 1 amide bonds. The Hall–Kier alpha value is -2.92. The lowest BCUT2D eigenvalue weighted by Crippen LogP contribution is -2.65. The first-order valence-electron chi connectivity index (χ1n) is 12.3. The Balaban J connectivity index is 1.86. The summed E-state index contributed by atoms with van der Waals surface area (Å²) in [6.45, 7) is 3.24. The summed E-state index contributed by atoms with van der Waals surface area (Å²) in [5, 5.41) is 48.1. The van der Waals surface area contributed by atoms with Crippen molar-refractivity contribution in [3.05, 3.63) is 44.7 Å². The average Bonchev–Trinajstić information content (AvgIpc) is 2.81. The van der Waals surface area contributed by atoms with Gasteiger partial charge in [-0.2, -0.15) is 0 Å². The zero-order valence-corrected chi connectivity index (χ0v) is 21.7. The summed E-state index contributed by atoms with van der Waals surface area (Å²) in [6, 6.07) is 0.293. The van der Waals surface area contributed by atoms with E-state index in [1.54, 1.807) is 14.1 Å². The molecule has 1 fully saturated rings. The lowest BCUT2D eigenvalue weighted by molar-refractivity contribution is -0.153. The number of carbonyl (C=O) groups excluding carboxylic acids is 3. The summed E-state index contributed by atoms with van der Waals surface area (Å²) in [5.41, 5.74) is 2.70. The van der Waals surface area contributed by atoms with E-state index in [0.29, 0.717) is 22.7 Å². The van der Waals surface area contributed by atoms with E-state index in [2.05, 4.69) is 12.2 Å². The van der Waals surface area contributed by atoms with Gasteiger partial charge in [-0.05, 0) is 63.0 Å². The number of aliphatic hydroxyl groups is 3. The van der Waals surface area contributed by atoms with Crippen LogP contribution in [0.15, 0.2) is 23.0 Å². The first-order valence-corrected chi connectivity index (χ1v) is 12.6. The van der Waals surface area contributed by atoms with E-state index in [9.17, 15) is 34.8 Å². The van der Waals surface area contributed by atoms with Crippen LogP contribution < -0.4 is 11.1 Å². The van der Waals surface area contributed by atoms with Gasteiger partial charge in [-0.15, -0.1) is 0 Å². The van der Waals surface area contributed by atoms with E-state index in [1.807, 2.05) is 0 Å². The van der Waals surface area contributed by atoms with Crippen molar-refractivity contribution >= 4 is 34.8 Å². The first kappa shape index (κ1) is 27.1. The number of ketones is 2. The number of aliphatic hydroxyl groups excluding tert-OH is 2. The highest BCUT2D eigenvalue weighted by atomic mass is 35.5.